The first-order valence-corrected chi connectivity index (χ1v) is 6.03. The van der Waals surface area contributed by atoms with E-state index < -0.39 is 23.5 Å². The van der Waals surface area contributed by atoms with Crippen molar-refractivity contribution in [3.63, 3.8) is 0 Å². The number of hydrogen-bond acceptors (Lipinski definition) is 2. The topological polar surface area (TPSA) is 46.2 Å². The van der Waals surface area contributed by atoms with E-state index in [1.807, 2.05) is 0 Å². The molecule has 0 spiro atoms. The molecule has 0 aliphatic carbocycles. The Bertz CT molecular complexity index is 446. The minimum Gasteiger partial charge on any atom is -0.506 e. The van der Waals surface area contributed by atoms with Crippen LogP contribution in [0.3, 0.4) is 0 Å². The highest BCUT2D eigenvalue weighted by Gasteiger charge is 2.36. The summed E-state index contributed by atoms with van der Waals surface area (Å²) in [5, 5.41) is 9.76. The van der Waals surface area contributed by atoms with E-state index in [1.165, 1.54) is 0 Å². The molecule has 0 aromatic heterocycles. The van der Waals surface area contributed by atoms with Crippen LogP contribution in [0.1, 0.15) is 30.0 Å². The van der Waals surface area contributed by atoms with Crippen LogP contribution in [0, 0.1) is 0 Å². The second-order valence-electron chi connectivity index (χ2n) is 3.83. The molecule has 0 radical (unpaired) electrons. The molecule has 6 heteroatoms. The first-order chi connectivity index (χ1) is 8.29. The number of aromatic hydroxyl groups is 1. The maximum Gasteiger partial charge on any atom is 0.416 e. The normalized spacial score (nSPS) is 13.4. The zero-order valence-corrected chi connectivity index (χ0v) is 11.1. The molecule has 100 valence electrons. The summed E-state index contributed by atoms with van der Waals surface area (Å²) in [5.74, 6) is -0.457. The highest BCUT2D eigenvalue weighted by Crippen LogP contribution is 2.42. The lowest BCUT2D eigenvalue weighted by atomic mass is 9.96. The van der Waals surface area contributed by atoms with Gasteiger partial charge in [0.25, 0.3) is 0 Å². The van der Waals surface area contributed by atoms with Crippen LogP contribution < -0.4 is 5.73 Å². The predicted octanol–water partition coefficient (Wildman–Crippen LogP) is 4.14. The SMILES string of the molecule is C=CCC[C@H](N)c1c(C(F)(F)F)ccc(Br)c1O. The molecule has 3 N–H and O–H groups in total. The second kappa shape index (κ2) is 5.75. The van der Waals surface area contributed by atoms with Crippen molar-refractivity contribution in [3.05, 3.63) is 40.4 Å². The molecule has 0 aliphatic heterocycles. The molecular formula is C12H13BrF3NO. The van der Waals surface area contributed by atoms with Gasteiger partial charge in [0.1, 0.15) is 5.75 Å². The third kappa shape index (κ3) is 3.26. The maximum atomic E-state index is 12.8. The van der Waals surface area contributed by atoms with Crippen molar-refractivity contribution >= 4 is 15.9 Å². The van der Waals surface area contributed by atoms with Crippen LogP contribution in [0.2, 0.25) is 0 Å². The minimum absolute atomic E-state index is 0.194. The van der Waals surface area contributed by atoms with Gasteiger partial charge in [0.2, 0.25) is 0 Å². The average molecular weight is 324 g/mol. The highest BCUT2D eigenvalue weighted by molar-refractivity contribution is 9.10. The van der Waals surface area contributed by atoms with Gasteiger partial charge in [-0.2, -0.15) is 13.2 Å². The first kappa shape index (κ1) is 15.0. The summed E-state index contributed by atoms with van der Waals surface area (Å²) in [6.45, 7) is 3.49. The van der Waals surface area contributed by atoms with E-state index in [2.05, 4.69) is 22.5 Å². The van der Waals surface area contributed by atoms with E-state index in [-0.39, 0.29) is 16.5 Å². The summed E-state index contributed by atoms with van der Waals surface area (Å²) >= 11 is 2.99. The molecule has 0 bridgehead atoms. The van der Waals surface area contributed by atoms with Crippen molar-refractivity contribution in [2.24, 2.45) is 5.73 Å². The van der Waals surface area contributed by atoms with Crippen LogP contribution in [0.15, 0.2) is 29.3 Å². The third-order valence-corrected chi connectivity index (χ3v) is 3.17. The van der Waals surface area contributed by atoms with E-state index in [0.717, 1.165) is 12.1 Å². The van der Waals surface area contributed by atoms with Gasteiger partial charge >= 0.3 is 6.18 Å². The van der Waals surface area contributed by atoms with Crippen LogP contribution in [-0.4, -0.2) is 5.11 Å². The zero-order valence-electron chi connectivity index (χ0n) is 9.47. The number of phenolic OH excluding ortho intramolecular Hbond substituents is 1. The molecule has 0 unspecified atom stereocenters. The Labute approximate surface area is 111 Å². The number of benzene rings is 1. The number of nitrogens with two attached hydrogens (primary N) is 1. The number of rotatable bonds is 4. The fourth-order valence-electron chi connectivity index (χ4n) is 1.65. The van der Waals surface area contributed by atoms with Gasteiger partial charge in [-0.3, -0.25) is 0 Å². The molecule has 1 rings (SSSR count). The zero-order chi connectivity index (χ0) is 13.9. The van der Waals surface area contributed by atoms with Gasteiger partial charge in [0, 0.05) is 11.6 Å². The van der Waals surface area contributed by atoms with Gasteiger partial charge in [-0.05, 0) is 40.9 Å². The van der Waals surface area contributed by atoms with Gasteiger partial charge < -0.3 is 10.8 Å². The number of allylic oxidation sites excluding steroid dienone is 1. The Balaban J connectivity index is 3.29. The molecule has 0 saturated carbocycles. The number of hydrogen-bond donors (Lipinski definition) is 2. The lowest BCUT2D eigenvalue weighted by molar-refractivity contribution is -0.138. The molecule has 2 nitrogen and oxygen atoms in total. The standard InChI is InChI=1S/C12H13BrF3NO/c1-2-3-4-9(17)10-7(12(14,15)16)5-6-8(13)11(10)18/h2,5-6,9,18H,1,3-4,17H2/t9-/m0/s1. The lowest BCUT2D eigenvalue weighted by Gasteiger charge is -2.20. The van der Waals surface area contributed by atoms with Crippen molar-refractivity contribution in [3.8, 4) is 5.75 Å². The fourth-order valence-corrected chi connectivity index (χ4v) is 1.99. The molecule has 0 amide bonds. The van der Waals surface area contributed by atoms with Crippen LogP contribution in [0.5, 0.6) is 5.75 Å². The van der Waals surface area contributed by atoms with E-state index in [1.54, 1.807) is 6.08 Å². The Kier molecular flexibility index (Phi) is 4.81. The summed E-state index contributed by atoms with van der Waals surface area (Å²) in [7, 11) is 0. The molecule has 0 aliphatic rings. The van der Waals surface area contributed by atoms with Gasteiger partial charge in [-0.25, -0.2) is 0 Å². The smallest absolute Gasteiger partial charge is 0.416 e. The van der Waals surface area contributed by atoms with Gasteiger partial charge in [0.05, 0.1) is 10.0 Å². The Morgan fingerprint density at radius 2 is 2.06 bits per heavy atom. The maximum absolute atomic E-state index is 12.8. The van der Waals surface area contributed by atoms with Crippen LogP contribution in [0.25, 0.3) is 0 Å². The van der Waals surface area contributed by atoms with Crippen LogP contribution in [0.4, 0.5) is 13.2 Å². The van der Waals surface area contributed by atoms with Crippen molar-refractivity contribution < 1.29 is 18.3 Å². The molecular weight excluding hydrogens is 311 g/mol. The van der Waals surface area contributed by atoms with Crippen molar-refractivity contribution in [1.29, 1.82) is 0 Å². The number of alkyl halides is 3. The average Bonchev–Trinajstić information content (AvgIpc) is 2.27. The summed E-state index contributed by atoms with van der Waals surface area (Å²) in [6.07, 6.45) is -2.21. The monoisotopic (exact) mass is 323 g/mol. The Morgan fingerprint density at radius 3 is 2.56 bits per heavy atom. The van der Waals surface area contributed by atoms with Crippen molar-refractivity contribution in [2.45, 2.75) is 25.1 Å². The molecule has 1 aromatic carbocycles. The number of halogens is 4. The molecule has 1 atom stereocenters. The Morgan fingerprint density at radius 1 is 1.44 bits per heavy atom. The minimum atomic E-state index is -4.54. The summed E-state index contributed by atoms with van der Waals surface area (Å²) in [6, 6.07) is 1.17. The quantitative estimate of drug-likeness (QED) is 0.818. The van der Waals surface area contributed by atoms with Crippen molar-refractivity contribution in [1.82, 2.24) is 0 Å². The van der Waals surface area contributed by atoms with E-state index >= 15 is 0 Å². The molecule has 0 saturated heterocycles. The second-order valence-corrected chi connectivity index (χ2v) is 4.68. The fraction of sp³-hybridized carbons (Fsp3) is 0.333. The molecule has 0 fully saturated rings. The van der Waals surface area contributed by atoms with Crippen molar-refractivity contribution in [2.75, 3.05) is 0 Å². The van der Waals surface area contributed by atoms with Gasteiger partial charge in [-0.1, -0.05) is 6.08 Å². The van der Waals surface area contributed by atoms with E-state index in [4.69, 9.17) is 5.73 Å². The first-order valence-electron chi connectivity index (χ1n) is 5.24. The molecule has 1 aromatic rings. The summed E-state index contributed by atoms with van der Waals surface area (Å²) < 4.78 is 38.7. The third-order valence-electron chi connectivity index (χ3n) is 2.53. The van der Waals surface area contributed by atoms with Crippen LogP contribution in [-0.2, 0) is 6.18 Å². The largest absolute Gasteiger partial charge is 0.506 e. The van der Waals surface area contributed by atoms with Crippen LogP contribution >= 0.6 is 15.9 Å². The Hall–Kier alpha value is -1.01. The van der Waals surface area contributed by atoms with Gasteiger partial charge in [-0.15, -0.1) is 6.58 Å². The van der Waals surface area contributed by atoms with E-state index in [9.17, 15) is 18.3 Å². The number of phenols is 1. The highest BCUT2D eigenvalue weighted by atomic mass is 79.9. The predicted molar refractivity (Wildman–Crippen MR) is 67.2 cm³/mol. The summed E-state index contributed by atoms with van der Waals surface area (Å²) in [4.78, 5) is 0. The lowest BCUT2D eigenvalue weighted by Crippen LogP contribution is -2.17. The summed E-state index contributed by atoms with van der Waals surface area (Å²) in [5.41, 5.74) is 4.54. The molecule has 18 heavy (non-hydrogen) atoms. The van der Waals surface area contributed by atoms with E-state index in [0.29, 0.717) is 6.42 Å². The van der Waals surface area contributed by atoms with Gasteiger partial charge in [0.15, 0.2) is 0 Å². The molecule has 0 heterocycles.